The van der Waals surface area contributed by atoms with Crippen LogP contribution < -0.4 is 5.73 Å². The van der Waals surface area contributed by atoms with E-state index in [9.17, 15) is 9.90 Å². The Morgan fingerprint density at radius 3 is 2.84 bits per heavy atom. The second kappa shape index (κ2) is 5.47. The van der Waals surface area contributed by atoms with E-state index in [2.05, 4.69) is 26.0 Å². The monoisotopic (exact) mass is 343 g/mol. The Labute approximate surface area is 149 Å². The van der Waals surface area contributed by atoms with Gasteiger partial charge in [0.15, 0.2) is 0 Å². The van der Waals surface area contributed by atoms with Gasteiger partial charge in [-0.1, -0.05) is 26.0 Å². The van der Waals surface area contributed by atoms with Gasteiger partial charge in [-0.25, -0.2) is 0 Å². The number of allylic oxidation sites excluding steroid dienone is 5. The van der Waals surface area contributed by atoms with Crippen LogP contribution in [0.4, 0.5) is 0 Å². The molecule has 0 amide bonds. The number of esters is 1. The third-order valence-electron chi connectivity index (χ3n) is 7.75. The number of rotatable bonds is 1. The number of aliphatic hydroxyl groups excluding tert-OH is 1. The first-order valence-corrected chi connectivity index (χ1v) is 9.49. The fourth-order valence-corrected chi connectivity index (χ4v) is 6.32. The highest BCUT2D eigenvalue weighted by Crippen LogP contribution is 2.63. The van der Waals surface area contributed by atoms with E-state index in [0.29, 0.717) is 23.5 Å². The summed E-state index contributed by atoms with van der Waals surface area (Å²) < 4.78 is 5.57. The first-order chi connectivity index (χ1) is 11.8. The molecule has 0 heterocycles. The van der Waals surface area contributed by atoms with Crippen molar-refractivity contribution in [1.29, 1.82) is 0 Å². The molecule has 4 heteroatoms. The number of carbonyl (C=O) groups excluding carboxylic acids is 1. The highest BCUT2D eigenvalue weighted by atomic mass is 16.5. The van der Waals surface area contributed by atoms with Gasteiger partial charge in [0.05, 0.1) is 0 Å². The minimum atomic E-state index is -0.229. The zero-order valence-electron chi connectivity index (χ0n) is 15.4. The second-order valence-electron chi connectivity index (χ2n) is 8.91. The van der Waals surface area contributed by atoms with Crippen LogP contribution in [0.3, 0.4) is 0 Å². The smallest absolute Gasteiger partial charge is 0.302 e. The Morgan fingerprint density at radius 1 is 1.36 bits per heavy atom. The number of fused-ring (bicyclic) bond motifs is 5. The van der Waals surface area contributed by atoms with E-state index in [1.165, 1.54) is 12.5 Å². The summed E-state index contributed by atoms with van der Waals surface area (Å²) in [5.41, 5.74) is 7.85. The summed E-state index contributed by atoms with van der Waals surface area (Å²) >= 11 is 0. The molecule has 0 aromatic heterocycles. The van der Waals surface area contributed by atoms with Crippen molar-refractivity contribution in [2.45, 2.75) is 58.6 Å². The Bertz CT molecular complexity index is 693. The molecule has 4 aliphatic carbocycles. The Morgan fingerprint density at radius 2 is 2.12 bits per heavy atom. The average Bonchev–Trinajstić information content (AvgIpc) is 2.79. The van der Waals surface area contributed by atoms with E-state index >= 15 is 0 Å². The largest absolute Gasteiger partial charge is 0.508 e. The first kappa shape index (κ1) is 16.9. The van der Waals surface area contributed by atoms with Gasteiger partial charge in [-0.2, -0.15) is 0 Å². The van der Waals surface area contributed by atoms with Gasteiger partial charge in [0, 0.05) is 18.4 Å². The molecule has 136 valence electrons. The summed E-state index contributed by atoms with van der Waals surface area (Å²) in [4.78, 5) is 11.5. The minimum absolute atomic E-state index is 0.0138. The van der Waals surface area contributed by atoms with Crippen LogP contribution in [0.25, 0.3) is 0 Å². The van der Waals surface area contributed by atoms with Crippen LogP contribution in [0.1, 0.15) is 46.5 Å². The Hall–Kier alpha value is -1.55. The van der Waals surface area contributed by atoms with Gasteiger partial charge in [0.1, 0.15) is 11.9 Å². The van der Waals surface area contributed by atoms with Crippen LogP contribution in [0.15, 0.2) is 35.6 Å². The van der Waals surface area contributed by atoms with Crippen molar-refractivity contribution in [3.63, 3.8) is 0 Å². The van der Waals surface area contributed by atoms with Crippen LogP contribution in [-0.2, 0) is 9.53 Å². The first-order valence-electron chi connectivity index (χ1n) is 9.49. The van der Waals surface area contributed by atoms with E-state index in [1.807, 2.05) is 12.2 Å². The van der Waals surface area contributed by atoms with Crippen LogP contribution in [-0.4, -0.2) is 23.2 Å². The maximum absolute atomic E-state index is 11.5. The van der Waals surface area contributed by atoms with Crippen molar-refractivity contribution in [2.75, 3.05) is 0 Å². The fourth-order valence-electron chi connectivity index (χ4n) is 6.32. The van der Waals surface area contributed by atoms with E-state index < -0.39 is 0 Å². The molecule has 0 aromatic carbocycles. The average molecular weight is 343 g/mol. The minimum Gasteiger partial charge on any atom is -0.508 e. The third-order valence-corrected chi connectivity index (χ3v) is 7.75. The molecule has 25 heavy (non-hydrogen) atoms. The highest BCUT2D eigenvalue weighted by Gasteiger charge is 2.60. The molecule has 0 spiro atoms. The Kier molecular flexibility index (Phi) is 3.70. The molecule has 7 atom stereocenters. The van der Waals surface area contributed by atoms with Crippen LogP contribution in [0.5, 0.6) is 0 Å². The van der Waals surface area contributed by atoms with Crippen molar-refractivity contribution < 1.29 is 14.6 Å². The zero-order chi connectivity index (χ0) is 18.0. The number of hydrogen-bond donors (Lipinski definition) is 2. The topological polar surface area (TPSA) is 72.5 Å². The molecule has 4 aliphatic rings. The van der Waals surface area contributed by atoms with Crippen molar-refractivity contribution in [3.8, 4) is 0 Å². The van der Waals surface area contributed by atoms with Crippen LogP contribution in [0.2, 0.25) is 0 Å². The molecule has 4 rings (SSSR count). The number of carbonyl (C=O) groups is 1. The summed E-state index contributed by atoms with van der Waals surface area (Å²) in [6.07, 6.45) is 12.2. The van der Waals surface area contributed by atoms with Crippen molar-refractivity contribution in [2.24, 2.45) is 34.3 Å². The van der Waals surface area contributed by atoms with Gasteiger partial charge in [-0.05, 0) is 66.6 Å². The normalized spacial score (nSPS) is 47.9. The molecular formula is C21H29NO3. The predicted octanol–water partition coefficient (Wildman–Crippen LogP) is 3.65. The van der Waals surface area contributed by atoms with Gasteiger partial charge in [-0.15, -0.1) is 0 Å². The SMILES string of the molecule is CC(=O)OC1C[C@H]2[C@@H]3CC=C4C=C(O)C=C[C@]4(C)[C@@H]3CC[C@]2(C)C1N. The highest BCUT2D eigenvalue weighted by molar-refractivity contribution is 5.66. The summed E-state index contributed by atoms with van der Waals surface area (Å²) in [6, 6.07) is -0.0774. The second-order valence-corrected chi connectivity index (χ2v) is 8.91. The zero-order valence-corrected chi connectivity index (χ0v) is 15.4. The summed E-state index contributed by atoms with van der Waals surface area (Å²) in [5, 5.41) is 9.87. The van der Waals surface area contributed by atoms with E-state index in [4.69, 9.17) is 10.5 Å². The van der Waals surface area contributed by atoms with E-state index in [0.717, 1.165) is 25.7 Å². The van der Waals surface area contributed by atoms with Crippen LogP contribution in [0, 0.1) is 28.6 Å². The number of aliphatic hydroxyl groups is 1. The molecular weight excluding hydrogens is 314 g/mol. The molecule has 0 saturated heterocycles. The van der Waals surface area contributed by atoms with Gasteiger partial charge >= 0.3 is 5.97 Å². The fraction of sp³-hybridized carbons (Fsp3) is 0.667. The third kappa shape index (κ3) is 2.33. The molecule has 0 aromatic rings. The van der Waals surface area contributed by atoms with E-state index in [1.54, 1.807) is 0 Å². The Balaban J connectivity index is 1.67. The predicted molar refractivity (Wildman–Crippen MR) is 96.6 cm³/mol. The van der Waals surface area contributed by atoms with Crippen molar-refractivity contribution >= 4 is 5.97 Å². The summed E-state index contributed by atoms with van der Waals surface area (Å²) in [6.45, 7) is 6.07. The van der Waals surface area contributed by atoms with Gasteiger partial charge in [-0.3, -0.25) is 4.79 Å². The summed E-state index contributed by atoms with van der Waals surface area (Å²) in [7, 11) is 0. The molecule has 0 radical (unpaired) electrons. The molecule has 2 unspecified atom stereocenters. The van der Waals surface area contributed by atoms with Gasteiger partial charge in [0.25, 0.3) is 0 Å². The number of hydrogen-bond acceptors (Lipinski definition) is 4. The molecule has 2 fully saturated rings. The lowest BCUT2D eigenvalue weighted by Gasteiger charge is -2.55. The molecule has 2 saturated carbocycles. The van der Waals surface area contributed by atoms with Crippen molar-refractivity contribution in [1.82, 2.24) is 0 Å². The van der Waals surface area contributed by atoms with Crippen LogP contribution >= 0.6 is 0 Å². The molecule has 3 N–H and O–H groups in total. The van der Waals surface area contributed by atoms with Crippen molar-refractivity contribution in [3.05, 3.63) is 35.6 Å². The van der Waals surface area contributed by atoms with Gasteiger partial charge < -0.3 is 15.6 Å². The lowest BCUT2D eigenvalue weighted by molar-refractivity contribution is -0.147. The number of ether oxygens (including phenoxy) is 1. The molecule has 0 bridgehead atoms. The molecule has 0 aliphatic heterocycles. The summed E-state index contributed by atoms with van der Waals surface area (Å²) in [5.74, 6) is 1.70. The van der Waals surface area contributed by atoms with Gasteiger partial charge in [0.2, 0.25) is 0 Å². The maximum atomic E-state index is 11.5. The quantitative estimate of drug-likeness (QED) is 0.713. The lowest BCUT2D eigenvalue weighted by atomic mass is 9.49. The molecule has 4 nitrogen and oxygen atoms in total. The standard InChI is InChI=1S/C21H29NO3/c1-12(23)25-18-11-17-15-5-4-13-10-14(24)6-8-20(13,2)16(15)7-9-21(17,3)19(18)22/h4,6,8,10,15-19,24H,5,7,9,11,22H2,1-3H3/t15-,16-,17+,18?,19?,20+,21+/m1/s1. The maximum Gasteiger partial charge on any atom is 0.302 e. The number of nitrogens with two attached hydrogens (primary N) is 1. The van der Waals surface area contributed by atoms with E-state index in [-0.39, 0.29) is 28.9 Å². The lowest BCUT2D eigenvalue weighted by Crippen LogP contribution is -2.52.